The second-order valence-corrected chi connectivity index (χ2v) is 5.93. The Morgan fingerprint density at radius 2 is 2.00 bits per heavy atom. The monoisotopic (exact) mass is 285 g/mol. The highest BCUT2D eigenvalue weighted by molar-refractivity contribution is 7.86. The molecule has 0 fully saturated rings. The van der Waals surface area contributed by atoms with Crippen LogP contribution in [0.25, 0.3) is 10.2 Å². The zero-order valence-electron chi connectivity index (χ0n) is 6.87. The third-order valence-electron chi connectivity index (χ3n) is 1.68. The van der Waals surface area contributed by atoms with E-state index in [1.165, 1.54) is 12.1 Å². The predicted octanol–water partition coefficient (Wildman–Crippen LogP) is 3.26. The fourth-order valence-electron chi connectivity index (χ4n) is 1.15. The van der Waals surface area contributed by atoms with Crippen LogP contribution in [0.5, 0.6) is 0 Å². The Labute approximate surface area is 98.7 Å². The summed E-state index contributed by atoms with van der Waals surface area (Å²) in [6.07, 6.45) is 0. The van der Waals surface area contributed by atoms with Gasteiger partial charge in [0.1, 0.15) is 10.4 Å². The molecule has 0 N–H and O–H groups in total. The summed E-state index contributed by atoms with van der Waals surface area (Å²) >= 11 is 12.3. The van der Waals surface area contributed by atoms with E-state index in [2.05, 4.69) is 4.98 Å². The first-order chi connectivity index (χ1) is 6.89. The van der Waals surface area contributed by atoms with Crippen LogP contribution < -0.4 is 0 Å². The zero-order valence-corrected chi connectivity index (χ0v) is 10.0. The van der Waals surface area contributed by atoms with Gasteiger partial charge in [0.2, 0.25) is 0 Å². The van der Waals surface area contributed by atoms with Gasteiger partial charge in [-0.15, -0.1) is 15.2 Å². The van der Waals surface area contributed by atoms with E-state index >= 15 is 0 Å². The third-order valence-corrected chi connectivity index (χ3v) is 4.14. The zero-order chi connectivity index (χ0) is 11.2. The lowest BCUT2D eigenvalue weighted by atomic mass is 10.3. The average molecular weight is 286 g/mol. The van der Waals surface area contributed by atoms with Crippen LogP contribution in [-0.4, -0.2) is 13.4 Å². The largest absolute Gasteiger partial charge is 0.335 e. The van der Waals surface area contributed by atoms with Gasteiger partial charge in [0.15, 0.2) is 4.47 Å². The lowest BCUT2D eigenvalue weighted by Crippen LogP contribution is -1.94. The van der Waals surface area contributed by atoms with Crippen molar-refractivity contribution in [1.82, 2.24) is 4.98 Å². The number of nitrogens with zero attached hydrogens (tertiary/aromatic N) is 1. The summed E-state index contributed by atoms with van der Waals surface area (Å²) in [5.41, 5.74) is -0.0278. The number of benzene rings is 1. The van der Waals surface area contributed by atoms with Crippen molar-refractivity contribution in [3.63, 3.8) is 0 Å². The minimum Gasteiger partial charge on any atom is -0.223 e. The van der Waals surface area contributed by atoms with Crippen molar-refractivity contribution >= 4 is 55.0 Å². The molecule has 0 aliphatic heterocycles. The summed E-state index contributed by atoms with van der Waals surface area (Å²) < 4.78 is 35.2. The summed E-state index contributed by atoms with van der Waals surface area (Å²) in [5.74, 6) is 0. The molecule has 2 rings (SSSR count). The summed E-state index contributed by atoms with van der Waals surface area (Å²) in [7, 11) is -4.89. The first-order valence-corrected chi connectivity index (χ1v) is 6.54. The SMILES string of the molecule is O=S(=O)(F)c1c(Cl)ccc2sc(Cl)nc12. The molecule has 0 unspecified atom stereocenters. The molecular formula is C7H2Cl2FNO2S2. The molecule has 8 heteroatoms. The molecule has 0 saturated carbocycles. The fraction of sp³-hybridized carbons (Fsp3) is 0. The van der Waals surface area contributed by atoms with Gasteiger partial charge in [-0.2, -0.15) is 8.42 Å². The number of hydrogen-bond donors (Lipinski definition) is 0. The van der Waals surface area contributed by atoms with Crippen LogP contribution in [0.3, 0.4) is 0 Å². The normalized spacial score (nSPS) is 12.2. The summed E-state index contributed by atoms with van der Waals surface area (Å²) in [6.45, 7) is 0. The Bertz CT molecular complexity index is 638. The van der Waals surface area contributed by atoms with E-state index < -0.39 is 15.1 Å². The molecule has 0 bridgehead atoms. The molecule has 0 aliphatic carbocycles. The molecule has 0 amide bonds. The molecule has 15 heavy (non-hydrogen) atoms. The van der Waals surface area contributed by atoms with E-state index in [0.29, 0.717) is 4.70 Å². The summed E-state index contributed by atoms with van der Waals surface area (Å²) in [4.78, 5) is 3.10. The smallest absolute Gasteiger partial charge is 0.223 e. The highest BCUT2D eigenvalue weighted by Crippen LogP contribution is 2.35. The van der Waals surface area contributed by atoms with Crippen molar-refractivity contribution < 1.29 is 12.3 Å². The Kier molecular flexibility index (Phi) is 2.62. The van der Waals surface area contributed by atoms with Gasteiger partial charge in [-0.3, -0.25) is 0 Å². The minimum absolute atomic E-state index is 0.0278. The maximum absolute atomic E-state index is 12.9. The molecule has 1 aromatic carbocycles. The Balaban J connectivity index is 2.98. The quantitative estimate of drug-likeness (QED) is 0.756. The first kappa shape index (κ1) is 11.1. The molecule has 0 radical (unpaired) electrons. The molecular weight excluding hydrogens is 284 g/mol. The number of aromatic nitrogens is 1. The second kappa shape index (κ2) is 3.55. The van der Waals surface area contributed by atoms with Gasteiger partial charge in [-0.1, -0.05) is 23.2 Å². The number of rotatable bonds is 1. The van der Waals surface area contributed by atoms with Crippen molar-refractivity contribution in [1.29, 1.82) is 0 Å². The lowest BCUT2D eigenvalue weighted by Gasteiger charge is -1.98. The number of fused-ring (bicyclic) bond motifs is 1. The van der Waals surface area contributed by atoms with Gasteiger partial charge in [-0.05, 0) is 12.1 Å². The minimum atomic E-state index is -4.89. The molecule has 0 saturated heterocycles. The van der Waals surface area contributed by atoms with Crippen LogP contribution in [0, 0.1) is 0 Å². The average Bonchev–Trinajstić information content (AvgIpc) is 2.41. The van der Waals surface area contributed by atoms with Gasteiger partial charge in [0, 0.05) is 0 Å². The summed E-state index contributed by atoms with van der Waals surface area (Å²) in [5, 5.41) is -0.202. The Morgan fingerprint density at radius 3 is 2.60 bits per heavy atom. The van der Waals surface area contributed by atoms with Crippen molar-refractivity contribution in [3.05, 3.63) is 21.6 Å². The lowest BCUT2D eigenvalue weighted by molar-refractivity contribution is 0.553. The maximum Gasteiger partial charge on any atom is 0.335 e. The van der Waals surface area contributed by atoms with Gasteiger partial charge < -0.3 is 0 Å². The fourth-order valence-corrected chi connectivity index (χ4v) is 3.36. The van der Waals surface area contributed by atoms with Crippen molar-refractivity contribution in [2.75, 3.05) is 0 Å². The van der Waals surface area contributed by atoms with E-state index in [4.69, 9.17) is 23.2 Å². The van der Waals surface area contributed by atoms with Crippen LogP contribution in [-0.2, 0) is 10.2 Å². The van der Waals surface area contributed by atoms with Gasteiger partial charge in [0.05, 0.1) is 9.72 Å². The van der Waals surface area contributed by atoms with Crippen LogP contribution in [0.15, 0.2) is 17.0 Å². The standard InChI is InChI=1S/C7H2Cl2FNO2S2/c8-3-1-2-4-5(11-7(9)14-4)6(3)15(10,12)13/h1-2H. The van der Waals surface area contributed by atoms with E-state index in [1.54, 1.807) is 0 Å². The second-order valence-electron chi connectivity index (χ2n) is 2.63. The van der Waals surface area contributed by atoms with E-state index in [-0.39, 0.29) is 15.0 Å². The van der Waals surface area contributed by atoms with Crippen LogP contribution in [0.4, 0.5) is 3.89 Å². The Morgan fingerprint density at radius 1 is 1.33 bits per heavy atom. The summed E-state index contributed by atoms with van der Waals surface area (Å²) in [6, 6.07) is 2.83. The Hall–Kier alpha value is -0.430. The van der Waals surface area contributed by atoms with Crippen molar-refractivity contribution in [3.8, 4) is 0 Å². The molecule has 0 aliphatic rings. The van der Waals surface area contributed by atoms with Gasteiger partial charge in [0.25, 0.3) is 0 Å². The van der Waals surface area contributed by atoms with Crippen molar-refractivity contribution in [2.24, 2.45) is 0 Å². The number of hydrogen-bond acceptors (Lipinski definition) is 4. The van der Waals surface area contributed by atoms with Crippen LogP contribution in [0.1, 0.15) is 0 Å². The number of halogens is 3. The first-order valence-electron chi connectivity index (χ1n) is 3.59. The molecule has 3 nitrogen and oxygen atoms in total. The molecule has 0 spiro atoms. The maximum atomic E-state index is 12.9. The molecule has 80 valence electrons. The van der Waals surface area contributed by atoms with Gasteiger partial charge >= 0.3 is 10.2 Å². The van der Waals surface area contributed by atoms with Crippen molar-refractivity contribution in [2.45, 2.75) is 4.90 Å². The molecule has 2 aromatic rings. The highest BCUT2D eigenvalue weighted by atomic mass is 35.5. The van der Waals surface area contributed by atoms with Crippen LogP contribution >= 0.6 is 34.5 Å². The van der Waals surface area contributed by atoms with Crippen LogP contribution in [0.2, 0.25) is 9.49 Å². The third kappa shape index (κ3) is 1.94. The molecule has 0 atom stereocenters. The highest BCUT2D eigenvalue weighted by Gasteiger charge is 2.22. The topological polar surface area (TPSA) is 47.0 Å². The van der Waals surface area contributed by atoms with E-state index in [1.807, 2.05) is 0 Å². The molecule has 1 heterocycles. The van der Waals surface area contributed by atoms with E-state index in [9.17, 15) is 12.3 Å². The number of thiazole rings is 1. The molecule has 1 aromatic heterocycles. The predicted molar refractivity (Wildman–Crippen MR) is 57.9 cm³/mol. The van der Waals surface area contributed by atoms with E-state index in [0.717, 1.165) is 11.3 Å². The van der Waals surface area contributed by atoms with Gasteiger partial charge in [-0.25, -0.2) is 4.98 Å².